The number of benzene rings is 1. The lowest BCUT2D eigenvalue weighted by molar-refractivity contribution is 0.0958. The molecule has 1 amide bonds. The smallest absolute Gasteiger partial charge is 0.263 e. The molecule has 2 aromatic rings. The van der Waals surface area contributed by atoms with Crippen molar-refractivity contribution in [2.75, 3.05) is 31.4 Å². The third-order valence-corrected chi connectivity index (χ3v) is 5.07. The van der Waals surface area contributed by atoms with Crippen molar-refractivity contribution in [1.29, 1.82) is 0 Å². The first kappa shape index (κ1) is 16.0. The maximum Gasteiger partial charge on any atom is 0.263 e. The Hall–Kier alpha value is -1.40. The van der Waals surface area contributed by atoms with Crippen LogP contribution in [0.4, 0.5) is 5.69 Å². The van der Waals surface area contributed by atoms with Crippen molar-refractivity contribution in [3.8, 4) is 5.75 Å². The summed E-state index contributed by atoms with van der Waals surface area (Å²) in [5.74, 6) is 1.81. The molecule has 3 N–H and O–H groups in total. The van der Waals surface area contributed by atoms with E-state index in [-0.39, 0.29) is 5.91 Å². The fourth-order valence-electron chi connectivity index (χ4n) is 2.05. The number of hydrogen-bond donors (Lipinski definition) is 2. The Kier molecular flexibility index (Phi) is 5.76. The molecule has 0 aliphatic carbocycles. The number of thioether (sulfide) groups is 1. The minimum absolute atomic E-state index is 0.0863. The Morgan fingerprint density at radius 2 is 2.24 bits per heavy atom. The van der Waals surface area contributed by atoms with E-state index in [2.05, 4.69) is 11.6 Å². The van der Waals surface area contributed by atoms with Crippen LogP contribution in [0.3, 0.4) is 0 Å². The Bertz CT molecular complexity index is 625. The number of amides is 1. The minimum Gasteiger partial charge on any atom is -0.497 e. The monoisotopic (exact) mass is 324 g/mol. The molecule has 0 saturated heterocycles. The van der Waals surface area contributed by atoms with Crippen molar-refractivity contribution < 1.29 is 9.53 Å². The van der Waals surface area contributed by atoms with Gasteiger partial charge in [0.2, 0.25) is 0 Å². The molecule has 0 fully saturated rings. The largest absolute Gasteiger partial charge is 0.497 e. The first-order chi connectivity index (χ1) is 10.2. The van der Waals surface area contributed by atoms with Crippen LogP contribution in [-0.4, -0.2) is 31.6 Å². The Balaban J connectivity index is 2.07. The summed E-state index contributed by atoms with van der Waals surface area (Å²) in [6.07, 6.45) is 4.19. The van der Waals surface area contributed by atoms with Gasteiger partial charge in [0.15, 0.2) is 0 Å². The predicted molar refractivity (Wildman–Crippen MR) is 92.7 cm³/mol. The molecule has 0 aliphatic heterocycles. The van der Waals surface area contributed by atoms with Gasteiger partial charge in [0.05, 0.1) is 12.8 Å². The van der Waals surface area contributed by atoms with E-state index >= 15 is 0 Å². The lowest BCUT2D eigenvalue weighted by Gasteiger charge is -2.03. The van der Waals surface area contributed by atoms with Gasteiger partial charge < -0.3 is 15.8 Å². The second kappa shape index (κ2) is 7.56. The number of thiophene rings is 1. The van der Waals surface area contributed by atoms with E-state index in [0.717, 1.165) is 34.4 Å². The van der Waals surface area contributed by atoms with Crippen LogP contribution < -0.4 is 15.8 Å². The maximum absolute atomic E-state index is 12.2. The molecule has 0 aliphatic rings. The molecule has 1 aromatic heterocycles. The third-order valence-electron chi connectivity index (χ3n) is 3.20. The molecule has 0 saturated carbocycles. The van der Waals surface area contributed by atoms with Crippen LogP contribution in [0.1, 0.15) is 22.5 Å². The Labute approximate surface area is 133 Å². The molecule has 1 aromatic carbocycles. The molecule has 0 unspecified atom stereocenters. The summed E-state index contributed by atoms with van der Waals surface area (Å²) < 4.78 is 6.17. The molecule has 114 valence electrons. The topological polar surface area (TPSA) is 64.3 Å². The van der Waals surface area contributed by atoms with Gasteiger partial charge in [-0.2, -0.15) is 11.8 Å². The van der Waals surface area contributed by atoms with Gasteiger partial charge >= 0.3 is 0 Å². The van der Waals surface area contributed by atoms with Gasteiger partial charge in [0.25, 0.3) is 5.91 Å². The lowest BCUT2D eigenvalue weighted by atomic mass is 10.2. The molecule has 2 rings (SSSR count). The van der Waals surface area contributed by atoms with Gasteiger partial charge in [0.1, 0.15) is 10.6 Å². The van der Waals surface area contributed by atoms with E-state index in [0.29, 0.717) is 17.1 Å². The van der Waals surface area contributed by atoms with Crippen LogP contribution in [0.15, 0.2) is 18.2 Å². The quantitative estimate of drug-likeness (QED) is 0.767. The highest BCUT2D eigenvalue weighted by molar-refractivity contribution is 7.98. The molecule has 1 heterocycles. The number of unbranched alkanes of at least 4 members (excludes halogenated alkanes) is 1. The van der Waals surface area contributed by atoms with E-state index in [4.69, 9.17) is 10.5 Å². The normalized spacial score (nSPS) is 10.8. The fraction of sp³-hybridized carbons (Fsp3) is 0.400. The Morgan fingerprint density at radius 3 is 2.95 bits per heavy atom. The number of nitrogens with one attached hydrogen (secondary N) is 1. The van der Waals surface area contributed by atoms with Gasteiger partial charge in [-0.3, -0.25) is 4.79 Å². The summed E-state index contributed by atoms with van der Waals surface area (Å²) in [6.45, 7) is 0.691. The number of carbonyl (C=O) groups is 1. The summed E-state index contributed by atoms with van der Waals surface area (Å²) in [7, 11) is 1.63. The number of nitrogens with two attached hydrogens (primary N) is 1. The first-order valence-electron chi connectivity index (χ1n) is 6.80. The van der Waals surface area contributed by atoms with Gasteiger partial charge in [0, 0.05) is 16.6 Å². The van der Waals surface area contributed by atoms with Crippen LogP contribution in [0.25, 0.3) is 10.1 Å². The lowest BCUT2D eigenvalue weighted by Crippen LogP contribution is -2.24. The number of anilines is 1. The molecule has 0 bridgehead atoms. The van der Waals surface area contributed by atoms with E-state index < -0.39 is 0 Å². The number of hydrogen-bond acceptors (Lipinski definition) is 5. The molecule has 0 radical (unpaired) electrons. The molecule has 21 heavy (non-hydrogen) atoms. The van der Waals surface area contributed by atoms with E-state index in [1.54, 1.807) is 7.11 Å². The van der Waals surface area contributed by atoms with Crippen LogP contribution >= 0.6 is 23.1 Å². The SMILES string of the molecule is COc1ccc2c(N)c(C(=O)NCCCCSC)sc2c1. The van der Waals surface area contributed by atoms with Crippen LogP contribution in [0, 0.1) is 0 Å². The number of methoxy groups -OCH3 is 1. The van der Waals surface area contributed by atoms with Crippen molar-refractivity contribution in [2.24, 2.45) is 0 Å². The zero-order valence-electron chi connectivity index (χ0n) is 12.3. The molecule has 6 heteroatoms. The number of carbonyl (C=O) groups excluding carboxylic acids is 1. The van der Waals surface area contributed by atoms with E-state index in [9.17, 15) is 4.79 Å². The van der Waals surface area contributed by atoms with Crippen molar-refractivity contribution in [1.82, 2.24) is 5.32 Å². The summed E-state index contributed by atoms with van der Waals surface area (Å²) >= 11 is 3.23. The molecule has 4 nitrogen and oxygen atoms in total. The number of ether oxygens (including phenoxy) is 1. The minimum atomic E-state index is -0.0863. The predicted octanol–water partition coefficient (Wildman–Crippen LogP) is 3.37. The summed E-state index contributed by atoms with van der Waals surface area (Å²) in [4.78, 5) is 12.8. The van der Waals surface area contributed by atoms with Crippen molar-refractivity contribution in [3.63, 3.8) is 0 Å². The van der Waals surface area contributed by atoms with Crippen LogP contribution in [0.2, 0.25) is 0 Å². The standard InChI is InChI=1S/C15H20N2O2S2/c1-19-10-5-6-11-12(9-10)21-14(13(11)16)15(18)17-7-3-4-8-20-2/h5-6,9H,3-4,7-8,16H2,1-2H3,(H,17,18). The maximum atomic E-state index is 12.2. The molecule has 0 atom stereocenters. The molecular weight excluding hydrogens is 304 g/mol. The molecular formula is C15H20N2O2S2. The van der Waals surface area contributed by atoms with Gasteiger partial charge in [-0.15, -0.1) is 11.3 Å². The highest BCUT2D eigenvalue weighted by Crippen LogP contribution is 2.35. The number of nitrogen functional groups attached to an aromatic ring is 1. The number of fused-ring (bicyclic) bond motifs is 1. The van der Waals surface area contributed by atoms with Crippen molar-refractivity contribution in [2.45, 2.75) is 12.8 Å². The summed E-state index contributed by atoms with van der Waals surface area (Å²) in [6, 6.07) is 5.66. The van der Waals surface area contributed by atoms with Crippen molar-refractivity contribution in [3.05, 3.63) is 23.1 Å². The molecule has 0 spiro atoms. The second-order valence-corrected chi connectivity index (χ2v) is 6.70. The second-order valence-electron chi connectivity index (χ2n) is 4.66. The zero-order chi connectivity index (χ0) is 15.2. The summed E-state index contributed by atoms with van der Waals surface area (Å²) in [5, 5.41) is 3.85. The highest BCUT2D eigenvalue weighted by atomic mass is 32.2. The summed E-state index contributed by atoms with van der Waals surface area (Å²) in [5.41, 5.74) is 6.64. The van der Waals surface area contributed by atoms with Gasteiger partial charge in [-0.25, -0.2) is 0 Å². The van der Waals surface area contributed by atoms with Gasteiger partial charge in [-0.1, -0.05) is 0 Å². The Morgan fingerprint density at radius 1 is 1.43 bits per heavy atom. The third kappa shape index (κ3) is 3.83. The first-order valence-corrected chi connectivity index (χ1v) is 9.01. The van der Waals surface area contributed by atoms with Crippen LogP contribution in [-0.2, 0) is 0 Å². The average molecular weight is 324 g/mol. The van der Waals surface area contributed by atoms with E-state index in [1.807, 2.05) is 30.0 Å². The average Bonchev–Trinajstić information content (AvgIpc) is 2.83. The van der Waals surface area contributed by atoms with Crippen LogP contribution in [0.5, 0.6) is 5.75 Å². The zero-order valence-corrected chi connectivity index (χ0v) is 13.9. The number of rotatable bonds is 7. The van der Waals surface area contributed by atoms with Crippen molar-refractivity contribution >= 4 is 44.8 Å². The highest BCUT2D eigenvalue weighted by Gasteiger charge is 2.16. The van der Waals surface area contributed by atoms with Gasteiger partial charge in [-0.05, 0) is 43.0 Å². The fourth-order valence-corrected chi connectivity index (χ4v) is 3.61. The van der Waals surface area contributed by atoms with E-state index in [1.165, 1.54) is 11.3 Å².